The predicted molar refractivity (Wildman–Crippen MR) is 99.1 cm³/mol. The number of amides is 2. The Kier molecular flexibility index (Phi) is 5.53. The number of hydrogen-bond donors (Lipinski definition) is 1. The van der Waals surface area contributed by atoms with E-state index in [1.165, 1.54) is 0 Å². The van der Waals surface area contributed by atoms with Gasteiger partial charge in [-0.2, -0.15) is 0 Å². The highest BCUT2D eigenvalue weighted by Gasteiger charge is 2.25. The third-order valence-corrected chi connectivity index (χ3v) is 4.61. The van der Waals surface area contributed by atoms with E-state index in [4.69, 9.17) is 10.5 Å². The molecule has 1 fully saturated rings. The Balaban J connectivity index is 1.61. The van der Waals surface area contributed by atoms with Crippen molar-refractivity contribution in [1.82, 2.24) is 9.80 Å². The van der Waals surface area contributed by atoms with E-state index in [9.17, 15) is 9.59 Å². The molecule has 1 aliphatic rings. The fraction of sp³-hybridized carbons (Fsp3) is 0.300. The number of carbonyl (C=O) groups excluding carboxylic acids is 2. The molecular formula is C20H23N3O3. The van der Waals surface area contributed by atoms with E-state index in [1.807, 2.05) is 18.2 Å². The highest BCUT2D eigenvalue weighted by atomic mass is 16.5. The molecule has 0 atom stereocenters. The molecule has 0 radical (unpaired) electrons. The summed E-state index contributed by atoms with van der Waals surface area (Å²) in [6, 6.07) is 14.5. The topological polar surface area (TPSA) is 75.9 Å². The van der Waals surface area contributed by atoms with Gasteiger partial charge in [0, 0.05) is 43.9 Å². The molecule has 1 heterocycles. The lowest BCUT2D eigenvalue weighted by molar-refractivity contribution is 0.0535. The summed E-state index contributed by atoms with van der Waals surface area (Å²) in [5, 5.41) is 0. The Morgan fingerprint density at radius 3 is 2.04 bits per heavy atom. The molecule has 26 heavy (non-hydrogen) atoms. The summed E-state index contributed by atoms with van der Waals surface area (Å²) in [6.07, 6.45) is 0. The van der Waals surface area contributed by atoms with Crippen LogP contribution < -0.4 is 10.5 Å². The molecule has 136 valence electrons. The van der Waals surface area contributed by atoms with Crippen LogP contribution in [0.4, 0.5) is 0 Å². The van der Waals surface area contributed by atoms with Gasteiger partial charge in [0.25, 0.3) is 11.8 Å². The maximum absolute atomic E-state index is 12.6. The predicted octanol–water partition coefficient (Wildman–Crippen LogP) is 1.75. The summed E-state index contributed by atoms with van der Waals surface area (Å²) in [5.74, 6) is 0.607. The minimum absolute atomic E-state index is 0.0120. The van der Waals surface area contributed by atoms with Gasteiger partial charge in [-0.3, -0.25) is 9.59 Å². The summed E-state index contributed by atoms with van der Waals surface area (Å²) >= 11 is 0. The summed E-state index contributed by atoms with van der Waals surface area (Å²) in [4.78, 5) is 28.8. The number of hydrogen-bond acceptors (Lipinski definition) is 4. The highest BCUT2D eigenvalue weighted by Crippen LogP contribution is 2.16. The van der Waals surface area contributed by atoms with Gasteiger partial charge in [-0.25, -0.2) is 0 Å². The molecule has 0 aliphatic carbocycles. The Hall–Kier alpha value is -2.86. The minimum Gasteiger partial charge on any atom is -0.497 e. The average molecular weight is 353 g/mol. The molecule has 2 aromatic carbocycles. The molecule has 1 aliphatic heterocycles. The Bertz CT molecular complexity index is 781. The van der Waals surface area contributed by atoms with E-state index < -0.39 is 0 Å². The van der Waals surface area contributed by atoms with Crippen molar-refractivity contribution in [2.24, 2.45) is 5.73 Å². The van der Waals surface area contributed by atoms with Gasteiger partial charge in [-0.15, -0.1) is 0 Å². The van der Waals surface area contributed by atoms with Gasteiger partial charge < -0.3 is 20.3 Å². The van der Waals surface area contributed by atoms with Crippen LogP contribution in [0, 0.1) is 0 Å². The van der Waals surface area contributed by atoms with Crippen molar-refractivity contribution in [3.8, 4) is 5.75 Å². The zero-order valence-electron chi connectivity index (χ0n) is 14.9. The van der Waals surface area contributed by atoms with Crippen LogP contribution in [0.25, 0.3) is 0 Å². The molecule has 2 amide bonds. The first-order valence-corrected chi connectivity index (χ1v) is 8.64. The maximum Gasteiger partial charge on any atom is 0.254 e. The number of methoxy groups -OCH3 is 1. The van der Waals surface area contributed by atoms with Crippen molar-refractivity contribution in [3.05, 3.63) is 65.2 Å². The molecular weight excluding hydrogens is 330 g/mol. The quantitative estimate of drug-likeness (QED) is 0.909. The lowest BCUT2D eigenvalue weighted by atomic mass is 10.1. The minimum atomic E-state index is -0.0386. The molecule has 3 rings (SSSR count). The highest BCUT2D eigenvalue weighted by molar-refractivity contribution is 5.96. The summed E-state index contributed by atoms with van der Waals surface area (Å²) in [5.41, 5.74) is 7.83. The van der Waals surface area contributed by atoms with E-state index in [-0.39, 0.29) is 11.8 Å². The van der Waals surface area contributed by atoms with Gasteiger partial charge in [0.15, 0.2) is 0 Å². The third kappa shape index (κ3) is 3.86. The Morgan fingerprint density at radius 2 is 1.50 bits per heavy atom. The fourth-order valence-corrected chi connectivity index (χ4v) is 3.02. The second kappa shape index (κ2) is 8.01. The number of carbonyl (C=O) groups is 2. The van der Waals surface area contributed by atoms with E-state index in [2.05, 4.69) is 0 Å². The molecule has 0 spiro atoms. The smallest absolute Gasteiger partial charge is 0.254 e. The largest absolute Gasteiger partial charge is 0.497 e. The lowest BCUT2D eigenvalue weighted by Crippen LogP contribution is -2.50. The molecule has 1 saturated heterocycles. The van der Waals surface area contributed by atoms with Crippen LogP contribution in [0.1, 0.15) is 26.3 Å². The number of piperazine rings is 1. The van der Waals surface area contributed by atoms with Gasteiger partial charge in [0.05, 0.1) is 7.11 Å². The number of nitrogens with two attached hydrogens (primary N) is 1. The van der Waals surface area contributed by atoms with Crippen LogP contribution in [0.2, 0.25) is 0 Å². The third-order valence-electron chi connectivity index (χ3n) is 4.61. The Labute approximate surface area is 153 Å². The van der Waals surface area contributed by atoms with Crippen molar-refractivity contribution in [3.63, 3.8) is 0 Å². The van der Waals surface area contributed by atoms with Gasteiger partial charge >= 0.3 is 0 Å². The summed E-state index contributed by atoms with van der Waals surface area (Å²) in [7, 11) is 1.58. The zero-order valence-corrected chi connectivity index (χ0v) is 14.9. The SMILES string of the molecule is COc1cccc(C(=O)N2CCN(C(=O)c3ccc(CN)cc3)CC2)c1. The Morgan fingerprint density at radius 1 is 0.923 bits per heavy atom. The second-order valence-electron chi connectivity index (χ2n) is 6.22. The first kappa shape index (κ1) is 17.9. The van der Waals surface area contributed by atoms with E-state index in [0.717, 1.165) is 5.56 Å². The van der Waals surface area contributed by atoms with E-state index in [1.54, 1.807) is 47.2 Å². The van der Waals surface area contributed by atoms with Gasteiger partial charge in [-0.05, 0) is 35.9 Å². The van der Waals surface area contributed by atoms with Crippen LogP contribution in [-0.2, 0) is 6.54 Å². The molecule has 6 nitrogen and oxygen atoms in total. The van der Waals surface area contributed by atoms with Crippen molar-refractivity contribution in [2.75, 3.05) is 33.3 Å². The van der Waals surface area contributed by atoms with Crippen LogP contribution in [0.15, 0.2) is 48.5 Å². The number of nitrogens with zero attached hydrogens (tertiary/aromatic N) is 2. The number of rotatable bonds is 4. The van der Waals surface area contributed by atoms with Crippen molar-refractivity contribution < 1.29 is 14.3 Å². The average Bonchev–Trinajstić information content (AvgIpc) is 2.73. The van der Waals surface area contributed by atoms with Crippen molar-refractivity contribution in [2.45, 2.75) is 6.54 Å². The van der Waals surface area contributed by atoms with Gasteiger partial charge in [-0.1, -0.05) is 18.2 Å². The molecule has 0 bridgehead atoms. The van der Waals surface area contributed by atoms with Crippen molar-refractivity contribution >= 4 is 11.8 Å². The summed E-state index contributed by atoms with van der Waals surface area (Å²) in [6.45, 7) is 2.53. The number of benzene rings is 2. The van der Waals surface area contributed by atoms with E-state index in [0.29, 0.717) is 49.6 Å². The normalized spacial score (nSPS) is 14.2. The van der Waals surface area contributed by atoms with Gasteiger partial charge in [0.1, 0.15) is 5.75 Å². The fourth-order valence-electron chi connectivity index (χ4n) is 3.02. The molecule has 2 N–H and O–H groups in total. The summed E-state index contributed by atoms with van der Waals surface area (Å²) < 4.78 is 5.17. The van der Waals surface area contributed by atoms with Crippen LogP contribution >= 0.6 is 0 Å². The van der Waals surface area contributed by atoms with Crippen LogP contribution in [0.5, 0.6) is 5.75 Å². The monoisotopic (exact) mass is 353 g/mol. The zero-order chi connectivity index (χ0) is 18.5. The molecule has 2 aromatic rings. The molecule has 0 aromatic heterocycles. The molecule has 6 heteroatoms. The second-order valence-corrected chi connectivity index (χ2v) is 6.22. The number of ether oxygens (including phenoxy) is 1. The first-order chi connectivity index (χ1) is 12.6. The standard InChI is InChI=1S/C20H23N3O3/c1-26-18-4-2-3-17(13-18)20(25)23-11-9-22(10-12-23)19(24)16-7-5-15(14-21)6-8-16/h2-8,13H,9-12,14,21H2,1H3. The van der Waals surface area contributed by atoms with Crippen molar-refractivity contribution in [1.29, 1.82) is 0 Å². The maximum atomic E-state index is 12.6. The lowest BCUT2D eigenvalue weighted by Gasteiger charge is -2.35. The first-order valence-electron chi connectivity index (χ1n) is 8.64. The van der Waals surface area contributed by atoms with E-state index >= 15 is 0 Å². The molecule has 0 saturated carbocycles. The van der Waals surface area contributed by atoms with Crippen LogP contribution in [0.3, 0.4) is 0 Å². The van der Waals surface area contributed by atoms with Crippen LogP contribution in [-0.4, -0.2) is 54.9 Å². The molecule has 0 unspecified atom stereocenters. The van der Waals surface area contributed by atoms with Gasteiger partial charge in [0.2, 0.25) is 0 Å².